The van der Waals surface area contributed by atoms with Crippen LogP contribution in [0.4, 0.5) is 0 Å². The number of aliphatic imine (C=N–C) groups is 1. The number of nitrogens with zero attached hydrogens (tertiary/aromatic N) is 1. The monoisotopic (exact) mass is 485 g/mol. The Morgan fingerprint density at radius 3 is 2.26 bits per heavy atom. The second-order valence-corrected chi connectivity index (χ2v) is 8.52. The maximum Gasteiger partial charge on any atom is 0.344 e. The summed E-state index contributed by atoms with van der Waals surface area (Å²) in [7, 11) is 0. The van der Waals surface area contributed by atoms with Crippen LogP contribution in [0, 0.1) is 0 Å². The van der Waals surface area contributed by atoms with Crippen molar-refractivity contribution in [1.82, 2.24) is 0 Å². The third kappa shape index (κ3) is 6.07. The molecule has 0 spiro atoms. The molecule has 3 aromatic rings. The molecule has 0 aromatic heterocycles. The quantitative estimate of drug-likeness (QED) is 0.415. The van der Waals surface area contributed by atoms with E-state index in [0.29, 0.717) is 22.8 Å². The molecule has 0 aliphatic carbocycles. The molecule has 0 saturated carbocycles. The normalized spacial score (nSPS) is 15.5. The summed E-state index contributed by atoms with van der Waals surface area (Å²) in [5, 5.41) is 10.9. The van der Waals surface area contributed by atoms with E-state index in [0.717, 1.165) is 22.9 Å². The molecule has 176 valence electrons. The molecule has 7 heteroatoms. The summed E-state index contributed by atoms with van der Waals surface area (Å²) in [4.78, 5) is 29.6. The number of thioether (sulfide) groups is 1. The van der Waals surface area contributed by atoms with Crippen LogP contribution in [0.1, 0.15) is 28.4 Å². The van der Waals surface area contributed by atoms with Crippen LogP contribution in [0.5, 0.6) is 5.75 Å². The molecule has 1 aliphatic rings. The molecule has 0 fully saturated rings. The number of hydrogen-bond donors (Lipinski definition) is 1. The topological polar surface area (TPSA) is 85.2 Å². The highest BCUT2D eigenvalue weighted by atomic mass is 32.2. The number of esters is 1. The van der Waals surface area contributed by atoms with Gasteiger partial charge >= 0.3 is 5.97 Å². The summed E-state index contributed by atoms with van der Waals surface area (Å²) < 4.78 is 10.9. The highest BCUT2D eigenvalue weighted by Crippen LogP contribution is 2.39. The number of amides is 1. The minimum atomic E-state index is -0.731. The molecule has 3 aromatic carbocycles. The fourth-order valence-corrected chi connectivity index (χ4v) is 4.29. The average molecular weight is 486 g/mol. The molecule has 0 radical (unpaired) electrons. The molecule has 0 atom stereocenters. The van der Waals surface area contributed by atoms with E-state index in [4.69, 9.17) is 9.47 Å². The SMILES string of the molecule is CCOC(=O)C1=C(O)/C(=C/c2ccc(OCc3ccccc3)cc2)SC1=NC(=O)c1ccccc1. The largest absolute Gasteiger partial charge is 0.506 e. The number of rotatable bonds is 7. The molecule has 1 aliphatic heterocycles. The van der Waals surface area contributed by atoms with E-state index in [1.807, 2.05) is 54.6 Å². The molecule has 35 heavy (non-hydrogen) atoms. The van der Waals surface area contributed by atoms with Crippen molar-refractivity contribution in [3.8, 4) is 5.75 Å². The van der Waals surface area contributed by atoms with Crippen molar-refractivity contribution in [2.24, 2.45) is 4.99 Å². The third-order valence-corrected chi connectivity index (χ3v) is 6.04. The lowest BCUT2D eigenvalue weighted by molar-refractivity contribution is -0.138. The molecule has 4 rings (SSSR count). The summed E-state index contributed by atoms with van der Waals surface area (Å²) in [6.45, 7) is 2.25. The third-order valence-electron chi connectivity index (χ3n) is 5.02. The molecule has 1 heterocycles. The van der Waals surface area contributed by atoms with Crippen molar-refractivity contribution >= 4 is 34.8 Å². The van der Waals surface area contributed by atoms with Crippen LogP contribution in [0.3, 0.4) is 0 Å². The molecule has 0 saturated heterocycles. The molecular formula is C28H23NO5S. The van der Waals surface area contributed by atoms with Gasteiger partial charge in [-0.3, -0.25) is 4.79 Å². The number of benzene rings is 3. The van der Waals surface area contributed by atoms with Crippen LogP contribution in [0.15, 0.2) is 106 Å². The Kier molecular flexibility index (Phi) is 7.80. The van der Waals surface area contributed by atoms with E-state index in [-0.39, 0.29) is 23.0 Å². The zero-order chi connectivity index (χ0) is 24.6. The van der Waals surface area contributed by atoms with Gasteiger partial charge in [0.1, 0.15) is 28.7 Å². The van der Waals surface area contributed by atoms with Gasteiger partial charge in [0.05, 0.1) is 11.5 Å². The summed E-state index contributed by atoms with van der Waals surface area (Å²) in [6, 6.07) is 25.7. The van der Waals surface area contributed by atoms with Crippen LogP contribution in [0.25, 0.3) is 6.08 Å². The Morgan fingerprint density at radius 1 is 0.943 bits per heavy atom. The van der Waals surface area contributed by atoms with Crippen LogP contribution in [-0.2, 0) is 16.1 Å². The fourth-order valence-electron chi connectivity index (χ4n) is 3.28. The minimum absolute atomic E-state index is 0.101. The molecule has 0 unspecified atom stereocenters. The van der Waals surface area contributed by atoms with Gasteiger partial charge in [0.25, 0.3) is 5.91 Å². The number of carbonyl (C=O) groups excluding carboxylic acids is 2. The van der Waals surface area contributed by atoms with E-state index in [1.165, 1.54) is 0 Å². The first-order chi connectivity index (χ1) is 17.0. The predicted molar refractivity (Wildman–Crippen MR) is 137 cm³/mol. The molecule has 0 bridgehead atoms. The number of carbonyl (C=O) groups is 2. The molecule has 6 nitrogen and oxygen atoms in total. The van der Waals surface area contributed by atoms with E-state index in [1.54, 1.807) is 43.3 Å². The Morgan fingerprint density at radius 2 is 1.60 bits per heavy atom. The molecule has 1 N–H and O–H groups in total. The van der Waals surface area contributed by atoms with Crippen LogP contribution < -0.4 is 4.74 Å². The van der Waals surface area contributed by atoms with Crippen LogP contribution >= 0.6 is 11.8 Å². The zero-order valence-corrected chi connectivity index (χ0v) is 19.8. The van der Waals surface area contributed by atoms with Crippen molar-refractivity contribution in [2.45, 2.75) is 13.5 Å². The predicted octanol–water partition coefficient (Wildman–Crippen LogP) is 5.97. The van der Waals surface area contributed by atoms with Crippen molar-refractivity contribution in [1.29, 1.82) is 0 Å². The maximum absolute atomic E-state index is 12.6. The number of aliphatic hydroxyl groups is 1. The average Bonchev–Trinajstić information content (AvgIpc) is 3.19. The lowest BCUT2D eigenvalue weighted by Gasteiger charge is -2.06. The molecule has 1 amide bonds. The van der Waals surface area contributed by atoms with Gasteiger partial charge in [0.2, 0.25) is 0 Å². The highest BCUT2D eigenvalue weighted by Gasteiger charge is 2.33. The van der Waals surface area contributed by atoms with E-state index < -0.39 is 11.9 Å². The van der Waals surface area contributed by atoms with Crippen molar-refractivity contribution in [2.75, 3.05) is 6.61 Å². The number of ether oxygens (including phenoxy) is 2. The van der Waals surface area contributed by atoms with Gasteiger partial charge in [-0.1, -0.05) is 72.4 Å². The van der Waals surface area contributed by atoms with E-state index in [2.05, 4.69) is 4.99 Å². The van der Waals surface area contributed by atoms with Gasteiger partial charge in [-0.25, -0.2) is 9.79 Å². The summed E-state index contributed by atoms with van der Waals surface area (Å²) in [5.41, 5.74) is 2.12. The maximum atomic E-state index is 12.6. The number of hydrogen-bond acceptors (Lipinski definition) is 6. The van der Waals surface area contributed by atoms with Crippen LogP contribution in [0.2, 0.25) is 0 Å². The second-order valence-electron chi connectivity index (χ2n) is 7.49. The Labute approximate surface area is 207 Å². The highest BCUT2D eigenvalue weighted by molar-refractivity contribution is 8.18. The number of aliphatic hydroxyl groups excluding tert-OH is 1. The molecular weight excluding hydrogens is 462 g/mol. The van der Waals surface area contributed by atoms with Gasteiger partial charge in [-0.05, 0) is 48.4 Å². The Hall–Kier alpha value is -4.10. The fraction of sp³-hybridized carbons (Fsp3) is 0.107. The van der Waals surface area contributed by atoms with Crippen molar-refractivity contribution in [3.05, 3.63) is 118 Å². The van der Waals surface area contributed by atoms with Crippen molar-refractivity contribution in [3.63, 3.8) is 0 Å². The minimum Gasteiger partial charge on any atom is -0.506 e. The first-order valence-electron chi connectivity index (χ1n) is 11.0. The summed E-state index contributed by atoms with van der Waals surface area (Å²) >= 11 is 1.04. The lowest BCUT2D eigenvalue weighted by atomic mass is 10.1. The zero-order valence-electron chi connectivity index (χ0n) is 19.0. The summed E-state index contributed by atoms with van der Waals surface area (Å²) in [6.07, 6.45) is 1.72. The smallest absolute Gasteiger partial charge is 0.344 e. The summed E-state index contributed by atoms with van der Waals surface area (Å²) in [5.74, 6) is -0.802. The second kappa shape index (κ2) is 11.4. The van der Waals surface area contributed by atoms with Gasteiger partial charge in [-0.2, -0.15) is 0 Å². The van der Waals surface area contributed by atoms with Gasteiger partial charge in [-0.15, -0.1) is 0 Å². The lowest BCUT2D eigenvalue weighted by Crippen LogP contribution is -2.14. The van der Waals surface area contributed by atoms with Crippen LogP contribution in [-0.4, -0.2) is 28.6 Å². The Bertz CT molecular complexity index is 1300. The standard InChI is InChI=1S/C28H23NO5S/c1-2-33-28(32)24-25(30)23(35-27(24)29-26(31)21-11-7-4-8-12-21)17-19-13-15-22(16-14-19)34-18-20-9-5-3-6-10-20/h3-17,30H,2,18H2,1H3/b23-17-,29-27?. The Balaban J connectivity index is 1.55. The first-order valence-corrected chi connectivity index (χ1v) is 11.8. The van der Waals surface area contributed by atoms with E-state index in [9.17, 15) is 14.7 Å². The first kappa shape index (κ1) is 24.0. The van der Waals surface area contributed by atoms with Crippen molar-refractivity contribution < 1.29 is 24.2 Å². The van der Waals surface area contributed by atoms with Gasteiger partial charge in [0, 0.05) is 5.56 Å². The van der Waals surface area contributed by atoms with E-state index >= 15 is 0 Å². The van der Waals surface area contributed by atoms with Gasteiger partial charge < -0.3 is 14.6 Å². The van der Waals surface area contributed by atoms with Gasteiger partial charge in [0.15, 0.2) is 0 Å².